The Kier molecular flexibility index (Phi) is 6.12. The molecule has 2 amide bonds. The van der Waals surface area contributed by atoms with Gasteiger partial charge in [-0.15, -0.1) is 0 Å². The molecule has 0 aliphatic carbocycles. The third-order valence-corrected chi connectivity index (χ3v) is 3.49. The molecule has 1 rings (SSSR count). The first-order chi connectivity index (χ1) is 8.60. The lowest BCUT2D eigenvalue weighted by Crippen LogP contribution is -2.52. The van der Waals surface area contributed by atoms with Crippen LogP contribution in [0.4, 0.5) is 0 Å². The summed E-state index contributed by atoms with van der Waals surface area (Å²) < 4.78 is 0. The predicted octanol–water partition coefficient (Wildman–Crippen LogP) is 0.455. The number of carbonyl (C=O) groups excluding carboxylic acids is 2. The summed E-state index contributed by atoms with van der Waals surface area (Å²) in [5.74, 6) is 0.181. The van der Waals surface area contributed by atoms with E-state index < -0.39 is 0 Å². The average Bonchev–Trinajstić information content (AvgIpc) is 2.38. The zero-order valence-electron chi connectivity index (χ0n) is 11.7. The van der Waals surface area contributed by atoms with Crippen LogP contribution in [0.2, 0.25) is 0 Å². The molecule has 1 aliphatic heterocycles. The van der Waals surface area contributed by atoms with Crippen LogP contribution in [-0.2, 0) is 9.59 Å². The molecule has 104 valence electrons. The molecule has 0 bridgehead atoms. The molecule has 1 fully saturated rings. The lowest BCUT2D eigenvalue weighted by atomic mass is 10.1. The molecule has 0 radical (unpaired) electrons. The molecule has 0 aromatic rings. The van der Waals surface area contributed by atoms with Crippen molar-refractivity contribution in [3.63, 3.8) is 0 Å². The molecule has 0 spiro atoms. The van der Waals surface area contributed by atoms with Gasteiger partial charge in [0.05, 0.1) is 0 Å². The Balaban J connectivity index is 2.38. The van der Waals surface area contributed by atoms with Gasteiger partial charge >= 0.3 is 0 Å². The fourth-order valence-electron chi connectivity index (χ4n) is 2.30. The van der Waals surface area contributed by atoms with Gasteiger partial charge in [-0.1, -0.05) is 0 Å². The van der Waals surface area contributed by atoms with Crippen molar-refractivity contribution in [3.8, 4) is 0 Å². The first-order valence-electron chi connectivity index (χ1n) is 6.88. The average molecular weight is 255 g/mol. The van der Waals surface area contributed by atoms with E-state index >= 15 is 0 Å². The molecule has 0 aromatic carbocycles. The van der Waals surface area contributed by atoms with Crippen LogP contribution in [0, 0.1) is 0 Å². The Morgan fingerprint density at radius 3 is 2.50 bits per heavy atom. The van der Waals surface area contributed by atoms with Gasteiger partial charge in [0.1, 0.15) is 0 Å². The minimum atomic E-state index is 0.0798. The van der Waals surface area contributed by atoms with Crippen molar-refractivity contribution in [1.29, 1.82) is 0 Å². The standard InChI is InChI=1S/C13H25N3O2/c1-4-15(5-2)12(17)6-7-13(18)16-9-8-14-10-11(16)3/h11,14H,4-10H2,1-3H3/t11-/m1/s1. The zero-order valence-corrected chi connectivity index (χ0v) is 11.7. The number of piperazine rings is 1. The maximum Gasteiger partial charge on any atom is 0.223 e. The van der Waals surface area contributed by atoms with E-state index in [0.29, 0.717) is 25.9 Å². The molecule has 1 heterocycles. The fourth-order valence-corrected chi connectivity index (χ4v) is 2.30. The Bertz CT molecular complexity index is 290. The monoisotopic (exact) mass is 255 g/mol. The van der Waals surface area contributed by atoms with Crippen molar-refractivity contribution < 1.29 is 9.59 Å². The van der Waals surface area contributed by atoms with Gasteiger partial charge in [0.15, 0.2) is 0 Å². The van der Waals surface area contributed by atoms with Gasteiger partial charge in [0.2, 0.25) is 11.8 Å². The number of amides is 2. The highest BCUT2D eigenvalue weighted by atomic mass is 16.2. The lowest BCUT2D eigenvalue weighted by molar-refractivity contribution is -0.138. The predicted molar refractivity (Wildman–Crippen MR) is 71.2 cm³/mol. The van der Waals surface area contributed by atoms with Gasteiger partial charge in [-0.3, -0.25) is 9.59 Å². The van der Waals surface area contributed by atoms with Gasteiger partial charge in [-0.05, 0) is 20.8 Å². The lowest BCUT2D eigenvalue weighted by Gasteiger charge is -2.34. The van der Waals surface area contributed by atoms with Crippen LogP contribution in [0.15, 0.2) is 0 Å². The summed E-state index contributed by atoms with van der Waals surface area (Å²) in [6.45, 7) is 9.83. The van der Waals surface area contributed by atoms with Crippen LogP contribution < -0.4 is 5.32 Å². The minimum Gasteiger partial charge on any atom is -0.343 e. The van der Waals surface area contributed by atoms with Crippen molar-refractivity contribution in [2.75, 3.05) is 32.7 Å². The van der Waals surface area contributed by atoms with Crippen LogP contribution in [0.5, 0.6) is 0 Å². The topological polar surface area (TPSA) is 52.7 Å². The van der Waals surface area contributed by atoms with Crippen molar-refractivity contribution in [2.45, 2.75) is 39.7 Å². The number of nitrogens with one attached hydrogen (secondary N) is 1. The van der Waals surface area contributed by atoms with E-state index in [1.807, 2.05) is 25.7 Å². The second-order valence-electron chi connectivity index (χ2n) is 4.71. The van der Waals surface area contributed by atoms with E-state index in [0.717, 1.165) is 19.6 Å². The summed E-state index contributed by atoms with van der Waals surface area (Å²) in [6.07, 6.45) is 0.664. The summed E-state index contributed by atoms with van der Waals surface area (Å²) in [5.41, 5.74) is 0. The van der Waals surface area contributed by atoms with E-state index in [2.05, 4.69) is 5.32 Å². The molecule has 1 N–H and O–H groups in total. The van der Waals surface area contributed by atoms with Crippen molar-refractivity contribution in [2.24, 2.45) is 0 Å². The molecule has 18 heavy (non-hydrogen) atoms. The van der Waals surface area contributed by atoms with Crippen LogP contribution in [-0.4, -0.2) is 60.4 Å². The molecule has 0 unspecified atom stereocenters. The number of nitrogens with zero attached hydrogens (tertiary/aromatic N) is 2. The molecule has 1 aliphatic rings. The summed E-state index contributed by atoms with van der Waals surface area (Å²) in [4.78, 5) is 27.5. The third-order valence-electron chi connectivity index (χ3n) is 3.49. The van der Waals surface area contributed by atoms with Gasteiger partial charge in [-0.2, -0.15) is 0 Å². The van der Waals surface area contributed by atoms with E-state index in [1.165, 1.54) is 0 Å². The van der Waals surface area contributed by atoms with E-state index in [9.17, 15) is 9.59 Å². The minimum absolute atomic E-state index is 0.0798. The normalized spacial score (nSPS) is 19.7. The highest BCUT2D eigenvalue weighted by Crippen LogP contribution is 2.07. The molecule has 5 nitrogen and oxygen atoms in total. The molecule has 1 saturated heterocycles. The first-order valence-corrected chi connectivity index (χ1v) is 6.88. The Morgan fingerprint density at radius 2 is 1.94 bits per heavy atom. The molecule has 5 heteroatoms. The fraction of sp³-hybridized carbons (Fsp3) is 0.846. The number of carbonyl (C=O) groups is 2. The molecular weight excluding hydrogens is 230 g/mol. The maximum atomic E-state index is 12.0. The summed E-state index contributed by atoms with van der Waals surface area (Å²) in [6, 6.07) is 0.231. The quantitative estimate of drug-likeness (QED) is 0.776. The Labute approximate surface area is 110 Å². The van der Waals surface area contributed by atoms with E-state index in [-0.39, 0.29) is 17.9 Å². The van der Waals surface area contributed by atoms with Gasteiger partial charge in [-0.25, -0.2) is 0 Å². The Hall–Kier alpha value is -1.10. The molecule has 0 aromatic heterocycles. The second-order valence-corrected chi connectivity index (χ2v) is 4.71. The van der Waals surface area contributed by atoms with Crippen molar-refractivity contribution in [3.05, 3.63) is 0 Å². The van der Waals surface area contributed by atoms with Gasteiger partial charge in [0.25, 0.3) is 0 Å². The van der Waals surface area contributed by atoms with E-state index in [1.54, 1.807) is 4.90 Å². The Morgan fingerprint density at radius 1 is 1.28 bits per heavy atom. The SMILES string of the molecule is CCN(CC)C(=O)CCC(=O)N1CCNC[C@H]1C. The van der Waals surface area contributed by atoms with Crippen LogP contribution in [0.25, 0.3) is 0 Å². The number of hydrogen-bond donors (Lipinski definition) is 1. The largest absolute Gasteiger partial charge is 0.343 e. The van der Waals surface area contributed by atoms with Crippen molar-refractivity contribution in [1.82, 2.24) is 15.1 Å². The van der Waals surface area contributed by atoms with Gasteiger partial charge < -0.3 is 15.1 Å². The molecule has 0 saturated carbocycles. The van der Waals surface area contributed by atoms with Crippen LogP contribution >= 0.6 is 0 Å². The summed E-state index contributed by atoms with van der Waals surface area (Å²) in [5, 5.41) is 3.25. The highest BCUT2D eigenvalue weighted by Gasteiger charge is 2.23. The highest BCUT2D eigenvalue weighted by molar-refractivity contribution is 5.84. The van der Waals surface area contributed by atoms with Crippen molar-refractivity contribution >= 4 is 11.8 Å². The number of hydrogen-bond acceptors (Lipinski definition) is 3. The molecule has 1 atom stereocenters. The maximum absolute atomic E-state index is 12.0. The summed E-state index contributed by atoms with van der Waals surface area (Å²) in [7, 11) is 0. The molecular formula is C13H25N3O2. The van der Waals surface area contributed by atoms with Gasteiger partial charge in [0, 0.05) is 51.6 Å². The smallest absolute Gasteiger partial charge is 0.223 e. The summed E-state index contributed by atoms with van der Waals surface area (Å²) >= 11 is 0. The second kappa shape index (κ2) is 7.36. The van der Waals surface area contributed by atoms with Crippen LogP contribution in [0.1, 0.15) is 33.6 Å². The van der Waals surface area contributed by atoms with Crippen LogP contribution in [0.3, 0.4) is 0 Å². The first kappa shape index (κ1) is 15.0. The van der Waals surface area contributed by atoms with E-state index in [4.69, 9.17) is 0 Å². The number of rotatable bonds is 5. The zero-order chi connectivity index (χ0) is 13.5. The third kappa shape index (κ3) is 3.98.